The average molecular weight is 282 g/mol. The van der Waals surface area contributed by atoms with Gasteiger partial charge >= 0.3 is 5.97 Å². The highest BCUT2D eigenvalue weighted by atomic mass is 16.4. The van der Waals surface area contributed by atoms with E-state index in [1.807, 2.05) is 6.92 Å². The maximum atomic E-state index is 12.1. The maximum absolute atomic E-state index is 12.1. The number of amides is 2. The van der Waals surface area contributed by atoms with Crippen molar-refractivity contribution in [3.63, 3.8) is 0 Å². The highest BCUT2D eigenvalue weighted by Gasteiger charge is 2.37. The van der Waals surface area contributed by atoms with Gasteiger partial charge in [0.2, 0.25) is 11.8 Å². The largest absolute Gasteiger partial charge is 0.480 e. The molecule has 1 heterocycles. The number of hydrogen-bond donors (Lipinski definition) is 2. The molecule has 1 aliphatic carbocycles. The predicted molar refractivity (Wildman–Crippen MR) is 71.9 cm³/mol. The van der Waals surface area contributed by atoms with Gasteiger partial charge in [-0.05, 0) is 25.2 Å². The Labute approximate surface area is 118 Å². The zero-order valence-electron chi connectivity index (χ0n) is 11.8. The Morgan fingerprint density at radius 1 is 1.45 bits per heavy atom. The molecule has 112 valence electrons. The molecule has 0 aromatic heterocycles. The quantitative estimate of drug-likeness (QED) is 0.716. The number of hydrogen-bond acceptors (Lipinski definition) is 3. The molecule has 0 bridgehead atoms. The van der Waals surface area contributed by atoms with E-state index in [4.69, 9.17) is 5.11 Å². The molecule has 2 atom stereocenters. The zero-order valence-corrected chi connectivity index (χ0v) is 11.8. The van der Waals surface area contributed by atoms with Crippen LogP contribution in [0.2, 0.25) is 0 Å². The van der Waals surface area contributed by atoms with Crippen molar-refractivity contribution < 1.29 is 19.5 Å². The Bertz CT molecular complexity index is 406. The summed E-state index contributed by atoms with van der Waals surface area (Å²) in [6, 6.07) is -0.847. The summed E-state index contributed by atoms with van der Waals surface area (Å²) in [5, 5.41) is 11.6. The van der Waals surface area contributed by atoms with Gasteiger partial charge in [0, 0.05) is 19.5 Å². The van der Waals surface area contributed by atoms with Gasteiger partial charge in [0.25, 0.3) is 0 Å². The maximum Gasteiger partial charge on any atom is 0.326 e. The van der Waals surface area contributed by atoms with Gasteiger partial charge in [-0.1, -0.05) is 13.3 Å². The first-order chi connectivity index (χ1) is 9.51. The molecule has 1 unspecified atom stereocenters. The van der Waals surface area contributed by atoms with Gasteiger partial charge in [-0.2, -0.15) is 0 Å². The molecule has 2 aliphatic rings. The van der Waals surface area contributed by atoms with Crippen LogP contribution in [0.15, 0.2) is 0 Å². The van der Waals surface area contributed by atoms with E-state index in [1.54, 1.807) is 4.90 Å². The molecule has 1 saturated carbocycles. The second-order valence-electron chi connectivity index (χ2n) is 5.83. The zero-order chi connectivity index (χ0) is 14.7. The lowest BCUT2D eigenvalue weighted by Gasteiger charge is -2.18. The van der Waals surface area contributed by atoms with E-state index in [9.17, 15) is 14.4 Å². The van der Waals surface area contributed by atoms with Crippen LogP contribution in [0.4, 0.5) is 0 Å². The van der Waals surface area contributed by atoms with Crippen LogP contribution in [-0.2, 0) is 14.4 Å². The van der Waals surface area contributed by atoms with Crippen molar-refractivity contribution >= 4 is 17.8 Å². The van der Waals surface area contributed by atoms with Crippen LogP contribution >= 0.6 is 0 Å². The predicted octanol–water partition coefficient (Wildman–Crippen LogP) is 0.614. The molecule has 6 nitrogen and oxygen atoms in total. The molecule has 2 fully saturated rings. The first kappa shape index (κ1) is 14.8. The van der Waals surface area contributed by atoms with Crippen molar-refractivity contribution in [2.75, 3.05) is 13.1 Å². The van der Waals surface area contributed by atoms with Crippen LogP contribution < -0.4 is 5.32 Å². The number of carboxylic acid groups (broad SMARTS) is 1. The van der Waals surface area contributed by atoms with Gasteiger partial charge in [0.05, 0.1) is 5.92 Å². The lowest BCUT2D eigenvalue weighted by molar-refractivity contribution is -0.142. The van der Waals surface area contributed by atoms with Crippen molar-refractivity contribution in [2.24, 2.45) is 11.8 Å². The van der Waals surface area contributed by atoms with Crippen LogP contribution in [0.1, 0.15) is 39.0 Å². The third kappa shape index (κ3) is 3.71. The monoisotopic (exact) mass is 282 g/mol. The van der Waals surface area contributed by atoms with Crippen LogP contribution in [0.25, 0.3) is 0 Å². The number of nitrogens with one attached hydrogen (secondary N) is 1. The van der Waals surface area contributed by atoms with E-state index in [1.165, 1.54) is 0 Å². The number of rotatable bonds is 7. The Morgan fingerprint density at radius 3 is 2.70 bits per heavy atom. The van der Waals surface area contributed by atoms with Gasteiger partial charge in [-0.25, -0.2) is 4.79 Å². The normalized spacial score (nSPS) is 23.8. The molecule has 20 heavy (non-hydrogen) atoms. The number of carbonyl (C=O) groups is 3. The molecule has 0 aromatic rings. The molecule has 0 aromatic carbocycles. The fourth-order valence-electron chi connectivity index (χ4n) is 2.57. The summed E-state index contributed by atoms with van der Waals surface area (Å²) in [6.07, 6.45) is 3.63. The minimum absolute atomic E-state index is 0.0133. The number of likely N-dealkylation sites (tertiary alicyclic amines) is 1. The van der Waals surface area contributed by atoms with Gasteiger partial charge in [0.1, 0.15) is 6.04 Å². The Hall–Kier alpha value is -1.59. The van der Waals surface area contributed by atoms with E-state index >= 15 is 0 Å². The first-order valence-corrected chi connectivity index (χ1v) is 7.32. The molecule has 2 rings (SSSR count). The van der Waals surface area contributed by atoms with Gasteiger partial charge < -0.3 is 15.3 Å². The molecular formula is C14H22N2O4. The average Bonchev–Trinajstić information content (AvgIpc) is 3.12. The molecule has 0 spiro atoms. The summed E-state index contributed by atoms with van der Waals surface area (Å²) in [5.74, 6) is -1.11. The van der Waals surface area contributed by atoms with Crippen LogP contribution in [0.3, 0.4) is 0 Å². The number of aliphatic carboxylic acids is 1. The standard InChI is InChI=1S/C14H22N2O4/c1-2-3-11(14(19)20)15-13(18)10-6-12(17)16(8-10)7-9-4-5-9/h9-11H,2-8H2,1H3,(H,15,18)(H,19,20)/t10?,11-/m0/s1. The molecule has 6 heteroatoms. The highest BCUT2D eigenvalue weighted by Crippen LogP contribution is 2.32. The molecule has 1 saturated heterocycles. The summed E-state index contributed by atoms with van der Waals surface area (Å²) < 4.78 is 0. The Balaban J connectivity index is 1.85. The Kier molecular flexibility index (Phi) is 4.62. The summed E-state index contributed by atoms with van der Waals surface area (Å²) >= 11 is 0. The molecule has 1 aliphatic heterocycles. The molecular weight excluding hydrogens is 260 g/mol. The highest BCUT2D eigenvalue weighted by molar-refractivity contribution is 5.91. The van der Waals surface area contributed by atoms with E-state index in [0.717, 1.165) is 19.4 Å². The minimum Gasteiger partial charge on any atom is -0.480 e. The molecule has 0 radical (unpaired) electrons. The first-order valence-electron chi connectivity index (χ1n) is 7.32. The second kappa shape index (κ2) is 6.24. The topological polar surface area (TPSA) is 86.7 Å². The SMILES string of the molecule is CCC[C@H](NC(=O)C1CC(=O)N(CC2CC2)C1)C(=O)O. The molecule has 2 amide bonds. The van der Waals surface area contributed by atoms with Gasteiger partial charge in [0.15, 0.2) is 0 Å². The summed E-state index contributed by atoms with van der Waals surface area (Å²) in [7, 11) is 0. The Morgan fingerprint density at radius 2 is 2.15 bits per heavy atom. The van der Waals surface area contributed by atoms with Crippen LogP contribution in [0, 0.1) is 11.8 Å². The van der Waals surface area contributed by atoms with Gasteiger partial charge in [-0.15, -0.1) is 0 Å². The van der Waals surface area contributed by atoms with Crippen molar-refractivity contribution in [1.82, 2.24) is 10.2 Å². The van der Waals surface area contributed by atoms with Gasteiger partial charge in [-0.3, -0.25) is 9.59 Å². The van der Waals surface area contributed by atoms with Crippen molar-refractivity contribution in [1.29, 1.82) is 0 Å². The van der Waals surface area contributed by atoms with Crippen LogP contribution in [-0.4, -0.2) is 46.9 Å². The van der Waals surface area contributed by atoms with E-state index in [2.05, 4.69) is 5.32 Å². The van der Waals surface area contributed by atoms with Crippen molar-refractivity contribution in [3.8, 4) is 0 Å². The van der Waals surface area contributed by atoms with Crippen molar-refractivity contribution in [3.05, 3.63) is 0 Å². The number of carbonyl (C=O) groups excluding carboxylic acids is 2. The smallest absolute Gasteiger partial charge is 0.326 e. The van der Waals surface area contributed by atoms with Crippen LogP contribution in [0.5, 0.6) is 0 Å². The second-order valence-corrected chi connectivity index (χ2v) is 5.83. The minimum atomic E-state index is -1.01. The van der Waals surface area contributed by atoms with E-state index < -0.39 is 17.9 Å². The number of carboxylic acids is 1. The fraction of sp³-hybridized carbons (Fsp3) is 0.786. The lowest BCUT2D eigenvalue weighted by atomic mass is 10.1. The number of nitrogens with zero attached hydrogens (tertiary/aromatic N) is 1. The summed E-state index contributed by atoms with van der Waals surface area (Å²) in [4.78, 5) is 36.7. The lowest BCUT2D eigenvalue weighted by Crippen LogP contribution is -2.44. The summed E-state index contributed by atoms with van der Waals surface area (Å²) in [6.45, 7) is 3.05. The third-order valence-electron chi connectivity index (χ3n) is 3.95. The van der Waals surface area contributed by atoms with E-state index in [-0.39, 0.29) is 18.2 Å². The molecule has 2 N–H and O–H groups in total. The third-order valence-corrected chi connectivity index (χ3v) is 3.95. The van der Waals surface area contributed by atoms with Crippen molar-refractivity contribution in [2.45, 2.75) is 45.1 Å². The fourth-order valence-corrected chi connectivity index (χ4v) is 2.57. The van der Waals surface area contributed by atoms with E-state index in [0.29, 0.717) is 25.3 Å². The summed E-state index contributed by atoms with van der Waals surface area (Å²) in [5.41, 5.74) is 0.